The van der Waals surface area contributed by atoms with Gasteiger partial charge in [0.1, 0.15) is 6.10 Å². The standard InChI is InChI=1S/C21H23F3N2O2/c1-13-3-4-15(11-14(13)2)20(27)26-17-6-8-18(9-7-17)28-19-10-5-16(12-25-19)21(22,23)24/h3-5,10-12,17-18H,6-9H2,1-2H3,(H,26,27). The Kier molecular flexibility index (Phi) is 5.91. The Bertz CT molecular complexity index is 827. The lowest BCUT2D eigenvalue weighted by Crippen LogP contribution is -2.39. The second-order valence-electron chi connectivity index (χ2n) is 7.25. The zero-order valence-electron chi connectivity index (χ0n) is 15.8. The van der Waals surface area contributed by atoms with Crippen molar-refractivity contribution in [3.63, 3.8) is 0 Å². The van der Waals surface area contributed by atoms with Crippen molar-refractivity contribution < 1.29 is 22.7 Å². The second-order valence-corrected chi connectivity index (χ2v) is 7.25. The first-order chi connectivity index (χ1) is 13.2. The zero-order valence-corrected chi connectivity index (χ0v) is 15.8. The average Bonchev–Trinajstić information content (AvgIpc) is 2.65. The molecule has 1 fully saturated rings. The molecule has 1 aliphatic carbocycles. The monoisotopic (exact) mass is 392 g/mol. The summed E-state index contributed by atoms with van der Waals surface area (Å²) < 4.78 is 43.4. The highest BCUT2D eigenvalue weighted by molar-refractivity contribution is 5.94. The van der Waals surface area contributed by atoms with Crippen molar-refractivity contribution in [1.82, 2.24) is 10.3 Å². The summed E-state index contributed by atoms with van der Waals surface area (Å²) in [5.74, 6) is 0.104. The van der Waals surface area contributed by atoms with Gasteiger partial charge in [0.05, 0.1) is 5.56 Å². The largest absolute Gasteiger partial charge is 0.474 e. The van der Waals surface area contributed by atoms with E-state index < -0.39 is 11.7 Å². The number of hydrogen-bond donors (Lipinski definition) is 1. The molecule has 150 valence electrons. The van der Waals surface area contributed by atoms with Crippen molar-refractivity contribution in [3.8, 4) is 5.88 Å². The molecule has 0 bridgehead atoms. The number of nitrogens with zero attached hydrogens (tertiary/aromatic N) is 1. The minimum atomic E-state index is -4.40. The minimum absolute atomic E-state index is 0.0644. The van der Waals surface area contributed by atoms with Crippen molar-refractivity contribution in [2.45, 2.75) is 57.9 Å². The fourth-order valence-corrected chi connectivity index (χ4v) is 3.26. The van der Waals surface area contributed by atoms with Crippen LogP contribution >= 0.6 is 0 Å². The van der Waals surface area contributed by atoms with E-state index in [2.05, 4.69) is 10.3 Å². The van der Waals surface area contributed by atoms with Crippen molar-refractivity contribution in [2.75, 3.05) is 0 Å². The molecule has 1 N–H and O–H groups in total. The number of pyridine rings is 1. The van der Waals surface area contributed by atoms with Gasteiger partial charge < -0.3 is 10.1 Å². The van der Waals surface area contributed by atoms with E-state index in [4.69, 9.17) is 4.74 Å². The van der Waals surface area contributed by atoms with E-state index in [0.29, 0.717) is 18.4 Å². The summed E-state index contributed by atoms with van der Waals surface area (Å²) in [6.45, 7) is 3.98. The molecular weight excluding hydrogens is 369 g/mol. The van der Waals surface area contributed by atoms with Gasteiger partial charge in [-0.3, -0.25) is 4.79 Å². The second kappa shape index (κ2) is 8.20. The van der Waals surface area contributed by atoms with Crippen LogP contribution in [0, 0.1) is 13.8 Å². The third-order valence-corrected chi connectivity index (χ3v) is 5.13. The average molecular weight is 392 g/mol. The van der Waals surface area contributed by atoms with Crippen LogP contribution in [0.3, 0.4) is 0 Å². The molecule has 3 rings (SSSR count). The van der Waals surface area contributed by atoms with Crippen molar-refractivity contribution in [1.29, 1.82) is 0 Å². The van der Waals surface area contributed by atoms with E-state index in [1.165, 1.54) is 6.07 Å². The van der Waals surface area contributed by atoms with Crippen LogP contribution in [0.4, 0.5) is 13.2 Å². The molecule has 1 aliphatic rings. The third kappa shape index (κ3) is 5.03. The Labute approximate surface area is 162 Å². The summed E-state index contributed by atoms with van der Waals surface area (Å²) in [6, 6.07) is 7.92. The van der Waals surface area contributed by atoms with Gasteiger partial charge in [0.25, 0.3) is 5.91 Å². The first-order valence-electron chi connectivity index (χ1n) is 9.30. The molecule has 1 aromatic heterocycles. The lowest BCUT2D eigenvalue weighted by atomic mass is 9.92. The fraction of sp³-hybridized carbons (Fsp3) is 0.429. The molecule has 1 heterocycles. The summed E-state index contributed by atoms with van der Waals surface area (Å²) >= 11 is 0. The molecule has 7 heteroatoms. The van der Waals surface area contributed by atoms with E-state index in [1.54, 1.807) is 0 Å². The molecule has 0 unspecified atom stereocenters. The van der Waals surface area contributed by atoms with Crippen molar-refractivity contribution in [3.05, 3.63) is 58.8 Å². The molecule has 0 aliphatic heterocycles. The molecular formula is C21H23F3N2O2. The number of rotatable bonds is 4. The number of aryl methyl sites for hydroxylation is 2. The Morgan fingerprint density at radius 3 is 2.36 bits per heavy atom. The minimum Gasteiger partial charge on any atom is -0.474 e. The van der Waals surface area contributed by atoms with Crippen LogP contribution in [0.2, 0.25) is 0 Å². The summed E-state index contributed by atoms with van der Waals surface area (Å²) in [5.41, 5.74) is 2.08. The normalized spacial score (nSPS) is 19.9. The van der Waals surface area contributed by atoms with Gasteiger partial charge in [-0.2, -0.15) is 13.2 Å². The van der Waals surface area contributed by atoms with Crippen molar-refractivity contribution in [2.24, 2.45) is 0 Å². The van der Waals surface area contributed by atoms with Gasteiger partial charge in [0, 0.05) is 23.9 Å². The van der Waals surface area contributed by atoms with Gasteiger partial charge in [0.2, 0.25) is 5.88 Å². The van der Waals surface area contributed by atoms with Crippen molar-refractivity contribution >= 4 is 5.91 Å². The maximum Gasteiger partial charge on any atom is 0.417 e. The molecule has 0 saturated heterocycles. The highest BCUT2D eigenvalue weighted by atomic mass is 19.4. The number of ether oxygens (including phenoxy) is 1. The van der Waals surface area contributed by atoms with Crippen LogP contribution in [-0.2, 0) is 6.18 Å². The zero-order chi connectivity index (χ0) is 20.3. The van der Waals surface area contributed by atoms with Gasteiger partial charge in [-0.25, -0.2) is 4.98 Å². The summed E-state index contributed by atoms with van der Waals surface area (Å²) in [7, 11) is 0. The number of benzene rings is 1. The topological polar surface area (TPSA) is 51.2 Å². The molecule has 0 atom stereocenters. The molecule has 1 aromatic carbocycles. The van der Waals surface area contributed by atoms with E-state index in [1.807, 2.05) is 32.0 Å². The molecule has 2 aromatic rings. The Balaban J connectivity index is 1.49. The maximum atomic E-state index is 12.6. The van der Waals surface area contributed by atoms with Gasteiger partial charge in [-0.1, -0.05) is 6.07 Å². The fourth-order valence-electron chi connectivity index (χ4n) is 3.26. The molecule has 4 nitrogen and oxygen atoms in total. The van der Waals surface area contributed by atoms with Gasteiger partial charge in [0.15, 0.2) is 0 Å². The van der Waals surface area contributed by atoms with Crippen LogP contribution in [-0.4, -0.2) is 23.0 Å². The van der Waals surface area contributed by atoms with Gasteiger partial charge in [-0.15, -0.1) is 0 Å². The molecule has 0 spiro atoms. The lowest BCUT2D eigenvalue weighted by Gasteiger charge is -2.29. The van der Waals surface area contributed by atoms with E-state index in [-0.39, 0.29) is 23.9 Å². The number of carbonyl (C=O) groups excluding carboxylic acids is 1. The maximum absolute atomic E-state index is 12.6. The Morgan fingerprint density at radius 1 is 1.07 bits per heavy atom. The van der Waals surface area contributed by atoms with E-state index >= 15 is 0 Å². The summed E-state index contributed by atoms with van der Waals surface area (Å²) in [4.78, 5) is 16.2. The lowest BCUT2D eigenvalue weighted by molar-refractivity contribution is -0.137. The highest BCUT2D eigenvalue weighted by Gasteiger charge is 2.31. The Morgan fingerprint density at radius 2 is 1.79 bits per heavy atom. The Hall–Kier alpha value is -2.57. The molecule has 0 radical (unpaired) electrons. The van der Waals surface area contributed by atoms with Crippen LogP contribution < -0.4 is 10.1 Å². The third-order valence-electron chi connectivity index (χ3n) is 5.13. The number of carbonyl (C=O) groups is 1. The van der Waals surface area contributed by atoms with Crippen LogP contribution in [0.5, 0.6) is 5.88 Å². The predicted octanol–water partition coefficient (Wildman–Crippen LogP) is 4.84. The number of alkyl halides is 3. The summed E-state index contributed by atoms with van der Waals surface area (Å²) in [5, 5.41) is 3.06. The number of aromatic nitrogens is 1. The van der Waals surface area contributed by atoms with Crippen LogP contribution in [0.1, 0.15) is 52.7 Å². The summed E-state index contributed by atoms with van der Waals surface area (Å²) in [6.07, 6.45) is -0.813. The number of nitrogens with one attached hydrogen (secondary N) is 1. The van der Waals surface area contributed by atoms with Gasteiger partial charge in [-0.05, 0) is 68.9 Å². The van der Waals surface area contributed by atoms with Crippen LogP contribution in [0.25, 0.3) is 0 Å². The van der Waals surface area contributed by atoms with Gasteiger partial charge >= 0.3 is 6.18 Å². The molecule has 1 saturated carbocycles. The molecule has 28 heavy (non-hydrogen) atoms. The van der Waals surface area contributed by atoms with E-state index in [0.717, 1.165) is 36.2 Å². The van der Waals surface area contributed by atoms with E-state index in [9.17, 15) is 18.0 Å². The highest BCUT2D eigenvalue weighted by Crippen LogP contribution is 2.30. The number of halogens is 3. The van der Waals surface area contributed by atoms with Crippen LogP contribution in [0.15, 0.2) is 36.5 Å². The SMILES string of the molecule is Cc1ccc(C(=O)NC2CCC(Oc3ccc(C(F)(F)F)cn3)CC2)cc1C. The first kappa shape index (κ1) is 20.2. The smallest absolute Gasteiger partial charge is 0.417 e. The number of amides is 1. The molecule has 1 amide bonds. The predicted molar refractivity (Wildman–Crippen MR) is 99.3 cm³/mol. The first-order valence-corrected chi connectivity index (χ1v) is 9.30. The number of hydrogen-bond acceptors (Lipinski definition) is 3. The quantitative estimate of drug-likeness (QED) is 0.810.